The van der Waals surface area contributed by atoms with Gasteiger partial charge in [0.1, 0.15) is 11.5 Å². The number of carbonyl (C=O) groups is 1. The lowest BCUT2D eigenvalue weighted by atomic mass is 9.95. The van der Waals surface area contributed by atoms with Gasteiger partial charge in [-0.25, -0.2) is 4.39 Å². The highest BCUT2D eigenvalue weighted by molar-refractivity contribution is 6.08. The number of amides is 1. The minimum atomic E-state index is -0.391. The molecule has 5 rings (SSSR count). The van der Waals surface area contributed by atoms with Gasteiger partial charge >= 0.3 is 0 Å². The zero-order chi connectivity index (χ0) is 19.1. The fraction of sp³-hybridized carbons (Fsp3) is 0.348. The molecule has 1 aliphatic heterocycles. The monoisotopic (exact) mass is 377 g/mol. The standard InChI is InChI=1S/C23H24FN3O/c24-18-7-5-9-21(27-12-3-4-13-27)22(18)26-23(28)15-10-11-20-17(14-15)16-6-1-2-8-19(16)25-20/h5,7,9-11,14,25H,1-4,6,8,12-13H2,(H,26,28). The predicted molar refractivity (Wildman–Crippen MR) is 111 cm³/mol. The van der Waals surface area contributed by atoms with Crippen molar-refractivity contribution in [2.45, 2.75) is 38.5 Å². The van der Waals surface area contributed by atoms with Crippen molar-refractivity contribution >= 4 is 28.2 Å². The summed E-state index contributed by atoms with van der Waals surface area (Å²) in [5.41, 5.74) is 5.32. The van der Waals surface area contributed by atoms with Gasteiger partial charge in [-0.15, -0.1) is 0 Å². The molecule has 5 heteroatoms. The molecule has 0 saturated carbocycles. The third kappa shape index (κ3) is 2.95. The summed E-state index contributed by atoms with van der Waals surface area (Å²) in [6.45, 7) is 1.79. The summed E-state index contributed by atoms with van der Waals surface area (Å²) in [5.74, 6) is -0.656. The SMILES string of the molecule is O=C(Nc1c(F)cccc1N1CCCC1)c1ccc2[nH]c3c(c2c1)CCCC3. The lowest BCUT2D eigenvalue weighted by Crippen LogP contribution is -2.22. The van der Waals surface area contributed by atoms with E-state index in [1.807, 2.05) is 24.3 Å². The predicted octanol–water partition coefficient (Wildman–Crippen LogP) is 5.04. The van der Waals surface area contributed by atoms with Gasteiger partial charge in [0.05, 0.1) is 5.69 Å². The molecule has 2 heterocycles. The van der Waals surface area contributed by atoms with E-state index < -0.39 is 5.82 Å². The van der Waals surface area contributed by atoms with Crippen LogP contribution in [0.4, 0.5) is 15.8 Å². The van der Waals surface area contributed by atoms with E-state index in [9.17, 15) is 9.18 Å². The third-order valence-corrected chi connectivity index (χ3v) is 6.04. The van der Waals surface area contributed by atoms with Gasteiger partial charge in [-0.1, -0.05) is 6.07 Å². The summed E-state index contributed by atoms with van der Waals surface area (Å²) in [6.07, 6.45) is 6.70. The van der Waals surface area contributed by atoms with E-state index in [0.29, 0.717) is 5.56 Å². The van der Waals surface area contributed by atoms with Crippen molar-refractivity contribution in [3.05, 3.63) is 59.0 Å². The van der Waals surface area contributed by atoms with E-state index in [4.69, 9.17) is 0 Å². The molecule has 3 aromatic rings. The number of hydrogen-bond donors (Lipinski definition) is 2. The number of aryl methyl sites for hydroxylation is 2. The summed E-state index contributed by atoms with van der Waals surface area (Å²) in [6, 6.07) is 10.7. The van der Waals surface area contributed by atoms with Crippen LogP contribution < -0.4 is 10.2 Å². The summed E-state index contributed by atoms with van der Waals surface area (Å²) >= 11 is 0. The molecule has 1 aliphatic carbocycles. The molecule has 1 fully saturated rings. The lowest BCUT2D eigenvalue weighted by molar-refractivity contribution is 0.102. The average molecular weight is 377 g/mol. The Morgan fingerprint density at radius 2 is 1.86 bits per heavy atom. The molecule has 2 aromatic carbocycles. The van der Waals surface area contributed by atoms with Crippen molar-refractivity contribution in [3.63, 3.8) is 0 Å². The number of para-hydroxylation sites is 1. The van der Waals surface area contributed by atoms with Crippen LogP contribution in [-0.2, 0) is 12.8 Å². The Morgan fingerprint density at radius 3 is 2.71 bits per heavy atom. The van der Waals surface area contributed by atoms with Gasteiger partial charge in [0.25, 0.3) is 5.91 Å². The van der Waals surface area contributed by atoms with Gasteiger partial charge in [-0.3, -0.25) is 4.79 Å². The summed E-state index contributed by atoms with van der Waals surface area (Å²) < 4.78 is 14.6. The number of aromatic nitrogens is 1. The van der Waals surface area contributed by atoms with Gasteiger partial charge in [-0.05, 0) is 74.4 Å². The first-order valence-corrected chi connectivity index (χ1v) is 10.2. The van der Waals surface area contributed by atoms with Crippen LogP contribution in [0, 0.1) is 5.82 Å². The summed E-state index contributed by atoms with van der Waals surface area (Å²) in [5, 5.41) is 3.96. The third-order valence-electron chi connectivity index (χ3n) is 6.04. The normalized spacial score (nSPS) is 16.4. The Bertz CT molecular complexity index is 1050. The van der Waals surface area contributed by atoms with E-state index in [2.05, 4.69) is 15.2 Å². The van der Waals surface area contributed by atoms with Crippen molar-refractivity contribution in [2.24, 2.45) is 0 Å². The zero-order valence-electron chi connectivity index (χ0n) is 15.9. The van der Waals surface area contributed by atoms with Gasteiger partial charge in [-0.2, -0.15) is 0 Å². The van der Waals surface area contributed by atoms with E-state index in [-0.39, 0.29) is 11.6 Å². The number of nitrogens with zero attached hydrogens (tertiary/aromatic N) is 1. The molecule has 0 bridgehead atoms. The number of nitrogens with one attached hydrogen (secondary N) is 2. The van der Waals surface area contributed by atoms with Crippen molar-refractivity contribution in [2.75, 3.05) is 23.3 Å². The highest BCUT2D eigenvalue weighted by Crippen LogP contribution is 2.33. The van der Waals surface area contributed by atoms with Gasteiger partial charge in [0.15, 0.2) is 0 Å². The van der Waals surface area contributed by atoms with Crippen molar-refractivity contribution in [1.82, 2.24) is 4.98 Å². The first-order valence-electron chi connectivity index (χ1n) is 10.2. The number of fused-ring (bicyclic) bond motifs is 3. The summed E-state index contributed by atoms with van der Waals surface area (Å²) in [7, 11) is 0. The Labute approximate surface area is 163 Å². The van der Waals surface area contributed by atoms with Crippen LogP contribution in [0.25, 0.3) is 10.9 Å². The molecule has 0 unspecified atom stereocenters. The molecular formula is C23H24FN3O. The fourth-order valence-corrected chi connectivity index (χ4v) is 4.59. The molecular weight excluding hydrogens is 353 g/mol. The van der Waals surface area contributed by atoms with Gasteiger partial charge in [0.2, 0.25) is 0 Å². The summed E-state index contributed by atoms with van der Waals surface area (Å²) in [4.78, 5) is 18.6. The van der Waals surface area contributed by atoms with Crippen molar-refractivity contribution < 1.29 is 9.18 Å². The number of H-pyrrole nitrogens is 1. The number of carbonyl (C=O) groups excluding carboxylic acids is 1. The topological polar surface area (TPSA) is 48.1 Å². The largest absolute Gasteiger partial charge is 0.370 e. The highest BCUT2D eigenvalue weighted by atomic mass is 19.1. The number of hydrogen-bond acceptors (Lipinski definition) is 2. The van der Waals surface area contributed by atoms with E-state index >= 15 is 0 Å². The smallest absolute Gasteiger partial charge is 0.255 e. The Balaban J connectivity index is 1.48. The number of halogens is 1. The molecule has 4 nitrogen and oxygen atoms in total. The minimum absolute atomic E-state index is 0.266. The van der Waals surface area contributed by atoms with E-state index in [1.165, 1.54) is 30.2 Å². The second kappa shape index (κ2) is 6.97. The van der Waals surface area contributed by atoms with Crippen LogP contribution in [0.1, 0.15) is 47.3 Å². The minimum Gasteiger partial charge on any atom is -0.370 e. The van der Waals surface area contributed by atoms with Crippen LogP contribution in [-0.4, -0.2) is 24.0 Å². The molecule has 1 saturated heterocycles. The molecule has 0 spiro atoms. The fourth-order valence-electron chi connectivity index (χ4n) is 4.59. The maximum atomic E-state index is 14.6. The van der Waals surface area contributed by atoms with E-state index in [0.717, 1.165) is 55.4 Å². The molecule has 2 aliphatic rings. The first kappa shape index (κ1) is 17.3. The molecule has 1 aromatic heterocycles. The van der Waals surface area contributed by atoms with Crippen LogP contribution in [0.5, 0.6) is 0 Å². The number of rotatable bonds is 3. The van der Waals surface area contributed by atoms with Crippen LogP contribution in [0.15, 0.2) is 36.4 Å². The lowest BCUT2D eigenvalue weighted by Gasteiger charge is -2.22. The highest BCUT2D eigenvalue weighted by Gasteiger charge is 2.21. The molecule has 0 atom stereocenters. The van der Waals surface area contributed by atoms with Crippen LogP contribution >= 0.6 is 0 Å². The maximum absolute atomic E-state index is 14.6. The van der Waals surface area contributed by atoms with Crippen molar-refractivity contribution in [3.8, 4) is 0 Å². The number of anilines is 2. The second-order valence-electron chi connectivity index (χ2n) is 7.83. The number of benzene rings is 2. The van der Waals surface area contributed by atoms with Gasteiger partial charge in [0, 0.05) is 35.2 Å². The molecule has 1 amide bonds. The van der Waals surface area contributed by atoms with E-state index in [1.54, 1.807) is 6.07 Å². The molecule has 28 heavy (non-hydrogen) atoms. The number of aromatic amines is 1. The van der Waals surface area contributed by atoms with Crippen LogP contribution in [0.3, 0.4) is 0 Å². The molecule has 0 radical (unpaired) electrons. The average Bonchev–Trinajstić information content (AvgIpc) is 3.36. The molecule has 2 N–H and O–H groups in total. The second-order valence-corrected chi connectivity index (χ2v) is 7.83. The first-order chi connectivity index (χ1) is 13.7. The Hall–Kier alpha value is -2.82. The Kier molecular flexibility index (Phi) is 4.30. The van der Waals surface area contributed by atoms with Gasteiger partial charge < -0.3 is 15.2 Å². The quantitative estimate of drug-likeness (QED) is 0.672. The Morgan fingerprint density at radius 1 is 1.04 bits per heavy atom. The maximum Gasteiger partial charge on any atom is 0.255 e. The molecule has 144 valence electrons. The van der Waals surface area contributed by atoms with Crippen molar-refractivity contribution in [1.29, 1.82) is 0 Å². The zero-order valence-corrected chi connectivity index (χ0v) is 15.9. The van der Waals surface area contributed by atoms with Crippen LogP contribution in [0.2, 0.25) is 0 Å².